The summed E-state index contributed by atoms with van der Waals surface area (Å²) in [6, 6.07) is 6.17. The van der Waals surface area contributed by atoms with E-state index in [2.05, 4.69) is 0 Å². The van der Waals surface area contributed by atoms with E-state index in [1.54, 1.807) is 12.1 Å². The fraction of sp³-hybridized carbons (Fsp3) is 0.455. The number of nitrogens with zero attached hydrogens (tertiary/aromatic N) is 1. The molecule has 0 aliphatic heterocycles. The monoisotopic (exact) mass is 243 g/mol. The molecule has 1 aliphatic rings. The van der Waals surface area contributed by atoms with Gasteiger partial charge in [0.25, 0.3) is 0 Å². The fourth-order valence-corrected chi connectivity index (χ4v) is 2.83. The van der Waals surface area contributed by atoms with E-state index in [-0.39, 0.29) is 18.4 Å². The molecule has 0 atom stereocenters. The van der Waals surface area contributed by atoms with E-state index < -0.39 is 10.0 Å². The van der Waals surface area contributed by atoms with E-state index in [1.165, 1.54) is 22.7 Å². The van der Waals surface area contributed by atoms with E-state index in [1.807, 2.05) is 0 Å². The predicted octanol–water partition coefficient (Wildman–Crippen LogP) is 1.75. The molecule has 16 heavy (non-hydrogen) atoms. The van der Waals surface area contributed by atoms with E-state index in [0.29, 0.717) is 5.56 Å². The molecule has 0 aromatic heterocycles. The van der Waals surface area contributed by atoms with Crippen molar-refractivity contribution in [3.63, 3.8) is 0 Å². The highest BCUT2D eigenvalue weighted by Gasteiger charge is 2.34. The normalized spacial score (nSPS) is 16.7. The quantitative estimate of drug-likeness (QED) is 0.808. The summed E-state index contributed by atoms with van der Waals surface area (Å²) in [5.41, 5.74) is 0.692. The Kier molecular flexibility index (Phi) is 2.99. The summed E-state index contributed by atoms with van der Waals surface area (Å²) in [6.45, 7) is 0.265. The van der Waals surface area contributed by atoms with Gasteiger partial charge in [0.2, 0.25) is 10.0 Å². The molecule has 2 rings (SSSR count). The number of benzene rings is 1. The number of hydrogen-bond donors (Lipinski definition) is 0. The maximum absolute atomic E-state index is 13.0. The van der Waals surface area contributed by atoms with Crippen molar-refractivity contribution in [1.29, 1.82) is 0 Å². The average molecular weight is 243 g/mol. The summed E-state index contributed by atoms with van der Waals surface area (Å²) >= 11 is 0. The van der Waals surface area contributed by atoms with Crippen LogP contribution in [0, 0.1) is 5.82 Å². The van der Waals surface area contributed by atoms with Crippen LogP contribution in [-0.4, -0.2) is 25.0 Å². The minimum absolute atomic E-state index is 0.110. The van der Waals surface area contributed by atoms with E-state index in [4.69, 9.17) is 0 Å². The van der Waals surface area contributed by atoms with Crippen LogP contribution in [0.3, 0.4) is 0 Å². The Morgan fingerprint density at radius 3 is 2.62 bits per heavy atom. The molecule has 0 radical (unpaired) electrons. The van der Waals surface area contributed by atoms with Crippen LogP contribution in [0.5, 0.6) is 0 Å². The van der Waals surface area contributed by atoms with Crippen LogP contribution in [0.1, 0.15) is 18.4 Å². The molecular weight excluding hydrogens is 229 g/mol. The summed E-state index contributed by atoms with van der Waals surface area (Å²) in [5.74, 6) is -0.332. The van der Waals surface area contributed by atoms with Crippen LogP contribution in [0.4, 0.5) is 4.39 Å². The minimum Gasteiger partial charge on any atom is -0.212 e. The highest BCUT2D eigenvalue weighted by atomic mass is 32.2. The van der Waals surface area contributed by atoms with Crippen LogP contribution >= 0.6 is 0 Å². The predicted molar refractivity (Wildman–Crippen MR) is 59.8 cm³/mol. The number of hydrogen-bond acceptors (Lipinski definition) is 2. The summed E-state index contributed by atoms with van der Waals surface area (Å²) in [5, 5.41) is 0. The molecule has 1 fully saturated rings. The molecule has 1 aromatic rings. The van der Waals surface area contributed by atoms with Gasteiger partial charge in [0.15, 0.2) is 0 Å². The molecule has 0 N–H and O–H groups in total. The lowest BCUT2D eigenvalue weighted by atomic mass is 10.2. The molecular formula is C11H14FNO2S. The van der Waals surface area contributed by atoms with Crippen LogP contribution < -0.4 is 0 Å². The molecule has 1 saturated carbocycles. The first-order valence-electron chi connectivity index (χ1n) is 5.18. The van der Waals surface area contributed by atoms with Crippen LogP contribution in [-0.2, 0) is 16.6 Å². The van der Waals surface area contributed by atoms with Crippen molar-refractivity contribution in [2.45, 2.75) is 25.4 Å². The molecule has 0 bridgehead atoms. The molecule has 1 aromatic carbocycles. The van der Waals surface area contributed by atoms with Gasteiger partial charge < -0.3 is 0 Å². The zero-order valence-corrected chi connectivity index (χ0v) is 9.87. The molecule has 1 aliphatic carbocycles. The lowest BCUT2D eigenvalue weighted by molar-refractivity contribution is 0.401. The second-order valence-corrected chi connectivity index (χ2v) is 6.10. The van der Waals surface area contributed by atoms with Gasteiger partial charge in [-0.05, 0) is 30.5 Å². The molecule has 3 nitrogen and oxygen atoms in total. The van der Waals surface area contributed by atoms with Crippen molar-refractivity contribution in [1.82, 2.24) is 4.31 Å². The SMILES string of the molecule is CS(=O)(=O)N(Cc1cccc(F)c1)C1CC1. The van der Waals surface area contributed by atoms with Gasteiger partial charge in [-0.3, -0.25) is 0 Å². The summed E-state index contributed by atoms with van der Waals surface area (Å²) in [4.78, 5) is 0. The number of rotatable bonds is 4. The third kappa shape index (κ3) is 2.80. The summed E-state index contributed by atoms with van der Waals surface area (Å²) < 4.78 is 37.5. The maximum Gasteiger partial charge on any atom is 0.211 e. The molecule has 0 heterocycles. The lowest BCUT2D eigenvalue weighted by Gasteiger charge is -2.19. The van der Waals surface area contributed by atoms with Gasteiger partial charge in [0.1, 0.15) is 5.82 Å². The van der Waals surface area contributed by atoms with Crippen molar-refractivity contribution < 1.29 is 12.8 Å². The van der Waals surface area contributed by atoms with Crippen molar-refractivity contribution in [3.05, 3.63) is 35.6 Å². The van der Waals surface area contributed by atoms with E-state index in [0.717, 1.165) is 12.8 Å². The zero-order valence-electron chi connectivity index (χ0n) is 9.06. The highest BCUT2D eigenvalue weighted by Crippen LogP contribution is 2.30. The van der Waals surface area contributed by atoms with Gasteiger partial charge >= 0.3 is 0 Å². The molecule has 5 heteroatoms. The highest BCUT2D eigenvalue weighted by molar-refractivity contribution is 7.88. The van der Waals surface area contributed by atoms with Gasteiger partial charge in [-0.1, -0.05) is 12.1 Å². The zero-order chi connectivity index (χ0) is 11.8. The van der Waals surface area contributed by atoms with E-state index in [9.17, 15) is 12.8 Å². The Labute approximate surface area is 94.9 Å². The Morgan fingerprint density at radius 1 is 1.44 bits per heavy atom. The number of sulfonamides is 1. The van der Waals surface area contributed by atoms with Gasteiger partial charge in [-0.2, -0.15) is 4.31 Å². The fourth-order valence-electron chi connectivity index (χ4n) is 1.69. The van der Waals surface area contributed by atoms with Gasteiger partial charge in [-0.15, -0.1) is 0 Å². The van der Waals surface area contributed by atoms with E-state index >= 15 is 0 Å². The molecule has 0 spiro atoms. The van der Waals surface area contributed by atoms with Crippen LogP contribution in [0.25, 0.3) is 0 Å². The maximum atomic E-state index is 13.0. The van der Waals surface area contributed by atoms with Crippen molar-refractivity contribution in [2.24, 2.45) is 0 Å². The minimum atomic E-state index is -3.20. The van der Waals surface area contributed by atoms with Crippen LogP contribution in [0.15, 0.2) is 24.3 Å². The first-order valence-corrected chi connectivity index (χ1v) is 7.03. The Morgan fingerprint density at radius 2 is 2.12 bits per heavy atom. The lowest BCUT2D eigenvalue weighted by Crippen LogP contribution is -2.31. The topological polar surface area (TPSA) is 37.4 Å². The molecule has 88 valence electrons. The summed E-state index contributed by atoms with van der Waals surface area (Å²) in [7, 11) is -3.20. The van der Waals surface area contributed by atoms with Gasteiger partial charge in [0.05, 0.1) is 6.26 Å². The third-order valence-corrected chi connectivity index (χ3v) is 3.89. The van der Waals surface area contributed by atoms with Crippen molar-refractivity contribution in [2.75, 3.05) is 6.26 Å². The first-order chi connectivity index (χ1) is 7.47. The Balaban J connectivity index is 2.18. The smallest absolute Gasteiger partial charge is 0.211 e. The average Bonchev–Trinajstić information content (AvgIpc) is 2.95. The summed E-state index contributed by atoms with van der Waals surface area (Å²) in [6.07, 6.45) is 3.01. The molecule has 0 amide bonds. The standard InChI is InChI=1S/C11H14FNO2S/c1-16(14,15)13(11-5-6-11)8-9-3-2-4-10(12)7-9/h2-4,7,11H,5-6,8H2,1H3. The second kappa shape index (κ2) is 4.14. The third-order valence-electron chi connectivity index (χ3n) is 2.61. The molecule has 0 unspecified atom stereocenters. The van der Waals surface area contributed by atoms with Crippen LogP contribution in [0.2, 0.25) is 0 Å². The van der Waals surface area contributed by atoms with Crippen molar-refractivity contribution in [3.8, 4) is 0 Å². The largest absolute Gasteiger partial charge is 0.212 e. The van der Waals surface area contributed by atoms with Gasteiger partial charge in [0, 0.05) is 12.6 Å². The van der Waals surface area contributed by atoms with Crippen molar-refractivity contribution >= 4 is 10.0 Å². The number of halogens is 1. The van der Waals surface area contributed by atoms with Gasteiger partial charge in [-0.25, -0.2) is 12.8 Å². The second-order valence-electron chi connectivity index (χ2n) is 4.17. The first kappa shape index (κ1) is 11.5. The Hall–Kier alpha value is -0.940. The Bertz CT molecular complexity index is 483. The molecule has 0 saturated heterocycles.